The Kier molecular flexibility index (Phi) is 2.55. The lowest BCUT2D eigenvalue weighted by Gasteiger charge is -2.25. The first-order valence-electron chi connectivity index (χ1n) is 4.31. The summed E-state index contributed by atoms with van der Waals surface area (Å²) in [4.78, 5) is 0. The highest BCUT2D eigenvalue weighted by Gasteiger charge is 2.33. The molecule has 66 valence electrons. The SMILES string of the molecule is CC[C@H]1COC(C(C)(C)C)O1. The van der Waals surface area contributed by atoms with E-state index in [2.05, 4.69) is 27.7 Å². The minimum absolute atomic E-state index is 0.00699. The second-order valence-electron chi connectivity index (χ2n) is 4.20. The van der Waals surface area contributed by atoms with Gasteiger partial charge in [0.05, 0.1) is 12.7 Å². The summed E-state index contributed by atoms with van der Waals surface area (Å²) in [6, 6.07) is 0. The lowest BCUT2D eigenvalue weighted by Crippen LogP contribution is -2.27. The summed E-state index contributed by atoms with van der Waals surface area (Å²) in [7, 11) is 0. The molecule has 0 saturated carbocycles. The van der Waals surface area contributed by atoms with Crippen LogP contribution >= 0.6 is 0 Å². The van der Waals surface area contributed by atoms with Gasteiger partial charge >= 0.3 is 0 Å². The maximum Gasteiger partial charge on any atom is 0.162 e. The Hall–Kier alpha value is -0.0800. The molecule has 2 nitrogen and oxygen atoms in total. The summed E-state index contributed by atoms with van der Waals surface area (Å²) >= 11 is 0. The van der Waals surface area contributed by atoms with Gasteiger partial charge in [-0.25, -0.2) is 0 Å². The van der Waals surface area contributed by atoms with Gasteiger partial charge in [0, 0.05) is 5.41 Å². The largest absolute Gasteiger partial charge is 0.349 e. The Labute approximate surface area is 68.9 Å². The van der Waals surface area contributed by atoms with Gasteiger partial charge in [-0.1, -0.05) is 27.7 Å². The van der Waals surface area contributed by atoms with Crippen molar-refractivity contribution in [3.05, 3.63) is 0 Å². The molecule has 1 heterocycles. The number of rotatable bonds is 1. The fraction of sp³-hybridized carbons (Fsp3) is 1.00. The lowest BCUT2D eigenvalue weighted by atomic mass is 9.96. The molecule has 2 atom stereocenters. The third-order valence-electron chi connectivity index (χ3n) is 1.91. The van der Waals surface area contributed by atoms with Gasteiger partial charge in [0.25, 0.3) is 0 Å². The van der Waals surface area contributed by atoms with Crippen molar-refractivity contribution in [3.63, 3.8) is 0 Å². The summed E-state index contributed by atoms with van der Waals surface area (Å²) in [5.41, 5.74) is 0.115. The predicted molar refractivity (Wildman–Crippen MR) is 44.4 cm³/mol. The predicted octanol–water partition coefficient (Wildman–Crippen LogP) is 2.18. The lowest BCUT2D eigenvalue weighted by molar-refractivity contribution is -0.124. The third kappa shape index (κ3) is 2.17. The van der Waals surface area contributed by atoms with Crippen LogP contribution in [-0.4, -0.2) is 19.0 Å². The quantitative estimate of drug-likeness (QED) is 0.582. The third-order valence-corrected chi connectivity index (χ3v) is 1.91. The summed E-state index contributed by atoms with van der Waals surface area (Å²) in [6.45, 7) is 9.29. The van der Waals surface area contributed by atoms with Crippen LogP contribution in [0.15, 0.2) is 0 Å². The summed E-state index contributed by atoms with van der Waals surface area (Å²) < 4.78 is 11.2. The molecule has 0 aromatic heterocycles. The number of hydrogen-bond acceptors (Lipinski definition) is 2. The van der Waals surface area contributed by atoms with Crippen LogP contribution in [0.25, 0.3) is 0 Å². The second kappa shape index (κ2) is 3.11. The summed E-state index contributed by atoms with van der Waals surface area (Å²) in [5.74, 6) is 0. The van der Waals surface area contributed by atoms with E-state index in [0.717, 1.165) is 13.0 Å². The maximum atomic E-state index is 5.65. The van der Waals surface area contributed by atoms with Gasteiger partial charge in [0.15, 0.2) is 6.29 Å². The number of ether oxygens (including phenoxy) is 2. The first-order chi connectivity index (χ1) is 5.04. The molecule has 0 bridgehead atoms. The van der Waals surface area contributed by atoms with E-state index in [9.17, 15) is 0 Å². The van der Waals surface area contributed by atoms with Crippen molar-refractivity contribution in [3.8, 4) is 0 Å². The summed E-state index contributed by atoms with van der Waals surface area (Å²) in [5, 5.41) is 0. The van der Waals surface area contributed by atoms with Gasteiger partial charge in [-0.15, -0.1) is 0 Å². The Morgan fingerprint density at radius 3 is 2.27 bits per heavy atom. The van der Waals surface area contributed by atoms with Crippen molar-refractivity contribution in [2.24, 2.45) is 5.41 Å². The Balaban J connectivity index is 2.42. The minimum atomic E-state index is -0.00699. The monoisotopic (exact) mass is 158 g/mol. The molecule has 0 N–H and O–H groups in total. The molecule has 1 aliphatic rings. The minimum Gasteiger partial charge on any atom is -0.349 e. The van der Waals surface area contributed by atoms with E-state index in [-0.39, 0.29) is 11.7 Å². The van der Waals surface area contributed by atoms with Crippen LogP contribution in [0.4, 0.5) is 0 Å². The van der Waals surface area contributed by atoms with E-state index in [4.69, 9.17) is 9.47 Å². The molecular weight excluding hydrogens is 140 g/mol. The van der Waals surface area contributed by atoms with E-state index >= 15 is 0 Å². The van der Waals surface area contributed by atoms with Crippen molar-refractivity contribution >= 4 is 0 Å². The highest BCUT2D eigenvalue weighted by atomic mass is 16.7. The van der Waals surface area contributed by atoms with E-state index in [1.165, 1.54) is 0 Å². The smallest absolute Gasteiger partial charge is 0.162 e. The molecule has 2 heteroatoms. The Bertz CT molecular complexity index is 126. The van der Waals surface area contributed by atoms with Crippen LogP contribution in [0, 0.1) is 5.41 Å². The van der Waals surface area contributed by atoms with Crippen LogP contribution in [0.1, 0.15) is 34.1 Å². The highest BCUT2D eigenvalue weighted by Crippen LogP contribution is 2.29. The van der Waals surface area contributed by atoms with E-state index in [0.29, 0.717) is 6.10 Å². The average molecular weight is 158 g/mol. The van der Waals surface area contributed by atoms with Gasteiger partial charge in [0.2, 0.25) is 0 Å². The van der Waals surface area contributed by atoms with Crippen molar-refractivity contribution in [2.75, 3.05) is 6.61 Å². The first kappa shape index (κ1) is 9.01. The number of hydrogen-bond donors (Lipinski definition) is 0. The standard InChI is InChI=1S/C9H18O2/c1-5-7-6-10-8(11-7)9(2,3)4/h7-8H,5-6H2,1-4H3/t7-,8?/m0/s1. The van der Waals surface area contributed by atoms with Crippen LogP contribution in [-0.2, 0) is 9.47 Å². The van der Waals surface area contributed by atoms with Crippen molar-refractivity contribution in [1.29, 1.82) is 0 Å². The molecule has 0 aromatic carbocycles. The Morgan fingerprint density at radius 1 is 1.36 bits per heavy atom. The average Bonchev–Trinajstić information content (AvgIpc) is 2.32. The van der Waals surface area contributed by atoms with Gasteiger partial charge in [-0.2, -0.15) is 0 Å². The topological polar surface area (TPSA) is 18.5 Å². The molecule has 1 fully saturated rings. The molecule has 1 aliphatic heterocycles. The van der Waals surface area contributed by atoms with Gasteiger partial charge in [0.1, 0.15) is 0 Å². The van der Waals surface area contributed by atoms with E-state index < -0.39 is 0 Å². The Morgan fingerprint density at radius 2 is 2.00 bits per heavy atom. The molecule has 0 radical (unpaired) electrons. The molecule has 0 aliphatic carbocycles. The molecule has 0 amide bonds. The van der Waals surface area contributed by atoms with Gasteiger partial charge < -0.3 is 9.47 Å². The van der Waals surface area contributed by atoms with Gasteiger partial charge in [-0.05, 0) is 6.42 Å². The molecule has 11 heavy (non-hydrogen) atoms. The molecule has 1 rings (SSSR count). The molecular formula is C9H18O2. The second-order valence-corrected chi connectivity index (χ2v) is 4.20. The van der Waals surface area contributed by atoms with Crippen LogP contribution in [0.3, 0.4) is 0 Å². The molecule has 1 unspecified atom stereocenters. The van der Waals surface area contributed by atoms with Crippen molar-refractivity contribution in [2.45, 2.75) is 46.5 Å². The normalized spacial score (nSPS) is 32.7. The zero-order chi connectivity index (χ0) is 8.48. The van der Waals surface area contributed by atoms with E-state index in [1.807, 2.05) is 0 Å². The molecule has 1 saturated heterocycles. The van der Waals surface area contributed by atoms with Crippen molar-refractivity contribution < 1.29 is 9.47 Å². The fourth-order valence-corrected chi connectivity index (χ4v) is 1.12. The van der Waals surface area contributed by atoms with Crippen LogP contribution in [0.5, 0.6) is 0 Å². The summed E-state index contributed by atoms with van der Waals surface area (Å²) in [6.07, 6.45) is 1.36. The highest BCUT2D eigenvalue weighted by molar-refractivity contribution is 4.73. The van der Waals surface area contributed by atoms with Crippen LogP contribution in [0.2, 0.25) is 0 Å². The van der Waals surface area contributed by atoms with Crippen molar-refractivity contribution in [1.82, 2.24) is 0 Å². The zero-order valence-electron chi connectivity index (χ0n) is 7.89. The molecule has 0 aromatic rings. The maximum absolute atomic E-state index is 5.65. The fourth-order valence-electron chi connectivity index (χ4n) is 1.12. The zero-order valence-corrected chi connectivity index (χ0v) is 7.89. The first-order valence-corrected chi connectivity index (χ1v) is 4.31. The molecule has 0 spiro atoms. The van der Waals surface area contributed by atoms with Gasteiger partial charge in [-0.3, -0.25) is 0 Å². The van der Waals surface area contributed by atoms with Crippen LogP contribution < -0.4 is 0 Å². The van der Waals surface area contributed by atoms with E-state index in [1.54, 1.807) is 0 Å².